The Balaban J connectivity index is 2.64. The summed E-state index contributed by atoms with van der Waals surface area (Å²) in [6, 6.07) is 4.92. The molecular formula is C8H6BrClN2O2S. The molecule has 0 unspecified atom stereocenters. The van der Waals surface area contributed by atoms with Gasteiger partial charge < -0.3 is 5.32 Å². The number of halogens is 2. The van der Waals surface area contributed by atoms with E-state index in [0.29, 0.717) is 10.2 Å². The summed E-state index contributed by atoms with van der Waals surface area (Å²) in [5.41, 5.74) is 0.504. The van der Waals surface area contributed by atoms with Crippen LogP contribution in [0.3, 0.4) is 0 Å². The topological polar surface area (TPSA) is 58.5 Å². The molecule has 1 aliphatic heterocycles. The Hall–Kier alpha value is -0.590. The largest absolute Gasteiger partial charge is 0.341 e. The Morgan fingerprint density at radius 3 is 2.87 bits per heavy atom. The molecule has 0 saturated heterocycles. The Bertz CT molecular complexity index is 542. The van der Waals surface area contributed by atoms with Crippen LogP contribution in [-0.4, -0.2) is 20.1 Å². The fourth-order valence-electron chi connectivity index (χ4n) is 1.24. The van der Waals surface area contributed by atoms with Gasteiger partial charge in [0, 0.05) is 4.47 Å². The molecule has 15 heavy (non-hydrogen) atoms. The molecule has 1 aromatic carbocycles. The van der Waals surface area contributed by atoms with Crippen molar-refractivity contribution in [3.8, 4) is 0 Å². The van der Waals surface area contributed by atoms with Crippen LogP contribution in [0.25, 0.3) is 0 Å². The van der Waals surface area contributed by atoms with Crippen molar-refractivity contribution in [3.05, 3.63) is 22.7 Å². The first kappa shape index (κ1) is 10.9. The average Bonchev–Trinajstić information content (AvgIpc) is 2.18. The van der Waals surface area contributed by atoms with E-state index in [-0.39, 0.29) is 16.6 Å². The van der Waals surface area contributed by atoms with Crippen molar-refractivity contribution in [3.63, 3.8) is 0 Å². The highest BCUT2D eigenvalue weighted by Crippen LogP contribution is 2.29. The van der Waals surface area contributed by atoms with Crippen LogP contribution in [0.1, 0.15) is 0 Å². The predicted molar refractivity (Wildman–Crippen MR) is 63.1 cm³/mol. The van der Waals surface area contributed by atoms with Crippen LogP contribution in [0.2, 0.25) is 0 Å². The number of benzene rings is 1. The molecular weight excluding hydrogens is 304 g/mol. The molecule has 80 valence electrons. The van der Waals surface area contributed by atoms with E-state index < -0.39 is 10.0 Å². The number of nitrogens with one attached hydrogen (secondary N) is 1. The molecule has 0 radical (unpaired) electrons. The molecule has 0 bridgehead atoms. The SMILES string of the molecule is O=S1(=O)N=C(CCl)Nc2ccc(Br)cc21. The summed E-state index contributed by atoms with van der Waals surface area (Å²) in [4.78, 5) is 0.158. The van der Waals surface area contributed by atoms with E-state index in [4.69, 9.17) is 11.6 Å². The van der Waals surface area contributed by atoms with Gasteiger partial charge in [-0.25, -0.2) is 0 Å². The van der Waals surface area contributed by atoms with E-state index in [2.05, 4.69) is 25.6 Å². The van der Waals surface area contributed by atoms with Crippen LogP contribution in [0.15, 0.2) is 32.0 Å². The zero-order chi connectivity index (χ0) is 11.1. The molecule has 1 aliphatic rings. The smallest absolute Gasteiger partial charge is 0.286 e. The van der Waals surface area contributed by atoms with Crippen LogP contribution in [0, 0.1) is 0 Å². The first-order valence-corrected chi connectivity index (χ1v) is 6.76. The van der Waals surface area contributed by atoms with Gasteiger partial charge in [-0.3, -0.25) is 0 Å². The third kappa shape index (κ3) is 2.02. The van der Waals surface area contributed by atoms with Gasteiger partial charge >= 0.3 is 0 Å². The summed E-state index contributed by atoms with van der Waals surface area (Å²) in [7, 11) is -3.61. The molecule has 0 saturated carbocycles. The lowest BCUT2D eigenvalue weighted by Crippen LogP contribution is -2.22. The quantitative estimate of drug-likeness (QED) is 0.809. The molecule has 0 amide bonds. The molecule has 7 heteroatoms. The molecule has 0 spiro atoms. The summed E-state index contributed by atoms with van der Waals surface area (Å²) in [5, 5.41) is 2.85. The van der Waals surface area contributed by atoms with Gasteiger partial charge in [-0.05, 0) is 18.2 Å². The Morgan fingerprint density at radius 1 is 1.47 bits per heavy atom. The van der Waals surface area contributed by atoms with Gasteiger partial charge in [0.2, 0.25) is 0 Å². The lowest BCUT2D eigenvalue weighted by atomic mass is 10.3. The number of amidine groups is 1. The van der Waals surface area contributed by atoms with Gasteiger partial charge in [-0.15, -0.1) is 16.0 Å². The maximum Gasteiger partial charge on any atom is 0.286 e. The van der Waals surface area contributed by atoms with Gasteiger partial charge in [0.25, 0.3) is 10.0 Å². The van der Waals surface area contributed by atoms with Crippen molar-refractivity contribution < 1.29 is 8.42 Å². The number of sulfonamides is 1. The number of nitrogens with zero attached hydrogens (tertiary/aromatic N) is 1. The zero-order valence-corrected chi connectivity index (χ0v) is 10.5. The standard InChI is InChI=1S/C8H6BrClN2O2S/c9-5-1-2-6-7(3-5)15(13,14)12-8(4-10)11-6/h1-3H,4H2,(H,11,12). The minimum atomic E-state index is -3.61. The van der Waals surface area contributed by atoms with E-state index in [1.165, 1.54) is 6.07 Å². The van der Waals surface area contributed by atoms with Crippen molar-refractivity contribution >= 4 is 49.1 Å². The first-order chi connectivity index (χ1) is 7.03. The maximum absolute atomic E-state index is 11.7. The van der Waals surface area contributed by atoms with Gasteiger partial charge in [-0.1, -0.05) is 15.9 Å². The number of fused-ring (bicyclic) bond motifs is 1. The predicted octanol–water partition coefficient (Wildman–Crippen LogP) is 2.20. The van der Waals surface area contributed by atoms with Crippen molar-refractivity contribution in [2.75, 3.05) is 11.2 Å². The van der Waals surface area contributed by atoms with Crippen molar-refractivity contribution in [2.24, 2.45) is 4.40 Å². The fraction of sp³-hybridized carbons (Fsp3) is 0.125. The molecule has 1 aromatic rings. The third-order valence-corrected chi connectivity index (χ3v) is 3.96. The monoisotopic (exact) mass is 308 g/mol. The molecule has 0 aliphatic carbocycles. The van der Waals surface area contributed by atoms with E-state index in [1.54, 1.807) is 12.1 Å². The number of anilines is 1. The molecule has 1 heterocycles. The number of rotatable bonds is 1. The van der Waals surface area contributed by atoms with Gasteiger partial charge in [0.1, 0.15) is 10.7 Å². The minimum absolute atomic E-state index is 0.0364. The second kappa shape index (κ2) is 3.77. The summed E-state index contributed by atoms with van der Waals surface area (Å²) >= 11 is 8.75. The fourth-order valence-corrected chi connectivity index (χ4v) is 3.12. The first-order valence-electron chi connectivity index (χ1n) is 3.99. The number of alkyl halides is 1. The molecule has 1 N–H and O–H groups in total. The summed E-state index contributed by atoms with van der Waals surface area (Å²) in [6.07, 6.45) is 0. The van der Waals surface area contributed by atoms with Crippen LogP contribution < -0.4 is 5.32 Å². The van der Waals surface area contributed by atoms with Gasteiger partial charge in [0.15, 0.2) is 0 Å². The van der Waals surface area contributed by atoms with Crippen LogP contribution in [0.5, 0.6) is 0 Å². The van der Waals surface area contributed by atoms with Crippen molar-refractivity contribution in [1.82, 2.24) is 0 Å². The van der Waals surface area contributed by atoms with Gasteiger partial charge in [0.05, 0.1) is 11.6 Å². The molecule has 0 aromatic heterocycles. The molecule has 2 rings (SSSR count). The highest BCUT2D eigenvalue weighted by atomic mass is 79.9. The minimum Gasteiger partial charge on any atom is -0.341 e. The number of hydrogen-bond donors (Lipinski definition) is 1. The molecule has 4 nitrogen and oxygen atoms in total. The Labute approximate surface area is 101 Å². The second-order valence-corrected chi connectivity index (χ2v) is 5.67. The van der Waals surface area contributed by atoms with E-state index in [9.17, 15) is 8.42 Å². The zero-order valence-electron chi connectivity index (χ0n) is 7.37. The number of hydrogen-bond acceptors (Lipinski definition) is 3. The Morgan fingerprint density at radius 2 is 2.20 bits per heavy atom. The van der Waals surface area contributed by atoms with Crippen LogP contribution >= 0.6 is 27.5 Å². The van der Waals surface area contributed by atoms with E-state index in [1.807, 2.05) is 0 Å². The van der Waals surface area contributed by atoms with Crippen molar-refractivity contribution in [1.29, 1.82) is 0 Å². The Kier molecular flexibility index (Phi) is 2.74. The second-order valence-electron chi connectivity index (χ2n) is 2.91. The highest BCUT2D eigenvalue weighted by Gasteiger charge is 2.24. The summed E-state index contributed by atoms with van der Waals surface area (Å²) in [5.74, 6) is 0.279. The lowest BCUT2D eigenvalue weighted by molar-refractivity contribution is 0.597. The third-order valence-electron chi connectivity index (χ3n) is 1.86. The normalized spacial score (nSPS) is 17.6. The van der Waals surface area contributed by atoms with E-state index >= 15 is 0 Å². The van der Waals surface area contributed by atoms with Crippen LogP contribution in [-0.2, 0) is 10.0 Å². The summed E-state index contributed by atoms with van der Waals surface area (Å²) < 4.78 is 27.6. The molecule has 0 atom stereocenters. The highest BCUT2D eigenvalue weighted by molar-refractivity contribution is 9.10. The average molecular weight is 310 g/mol. The maximum atomic E-state index is 11.7. The lowest BCUT2D eigenvalue weighted by Gasteiger charge is -2.16. The van der Waals surface area contributed by atoms with Gasteiger partial charge in [-0.2, -0.15) is 8.42 Å². The molecule has 0 fully saturated rings. The summed E-state index contributed by atoms with van der Waals surface area (Å²) in [6.45, 7) is 0. The van der Waals surface area contributed by atoms with Crippen molar-refractivity contribution in [2.45, 2.75) is 4.90 Å². The van der Waals surface area contributed by atoms with Crippen LogP contribution in [0.4, 0.5) is 5.69 Å². The van der Waals surface area contributed by atoms with E-state index in [0.717, 1.165) is 0 Å².